The number of hydrogen-bond acceptors (Lipinski definition) is 8. The highest BCUT2D eigenvalue weighted by Gasteiger charge is 2.22. The van der Waals surface area contributed by atoms with Crippen LogP contribution in [0.1, 0.15) is 258 Å². The van der Waals surface area contributed by atoms with Crippen LogP contribution in [0.3, 0.4) is 0 Å². The third kappa shape index (κ3) is 63.6. The van der Waals surface area contributed by atoms with Crippen molar-refractivity contribution in [2.45, 2.75) is 264 Å². The number of esters is 2. The van der Waals surface area contributed by atoms with E-state index >= 15 is 0 Å². The van der Waals surface area contributed by atoms with Crippen molar-refractivity contribution < 1.29 is 42.1 Å². The van der Waals surface area contributed by atoms with Gasteiger partial charge in [-0.25, -0.2) is 0 Å². The van der Waals surface area contributed by atoms with Gasteiger partial charge >= 0.3 is 11.9 Å². The molecule has 0 spiro atoms. The standard InChI is InChI=1S/C70H120NO8P/c1-6-8-10-12-14-16-18-20-22-24-26-28-30-32-33-34-35-36-37-39-41-43-45-47-49-51-53-55-57-59-61-63-70(73)79-68(67-78-80(74,75)77-65-64-71(3,4)5)66-76-69(72)62-60-58-56-54-52-50-48-46-44-42-40-38-31-29-27-25-23-21-19-17-15-13-11-9-7-2/h8,10,14,16,19-22,25-28,32-33,35-36,39,41,45,47,68H,6-7,9,11-13,15,17-18,23-24,29-31,34,37-38,40,42-44,46,48-67H2,1-5H3/b10-8-,16-14-,21-19-,22-20-,27-25-,28-26-,33-32-,36-35-,41-39-,47-45-. The van der Waals surface area contributed by atoms with Crippen LogP contribution in [0.4, 0.5) is 0 Å². The minimum Gasteiger partial charge on any atom is -0.756 e. The van der Waals surface area contributed by atoms with Gasteiger partial charge in [-0.3, -0.25) is 14.2 Å². The number of allylic oxidation sites excluding steroid dienone is 20. The van der Waals surface area contributed by atoms with Crippen LogP contribution in [0.2, 0.25) is 0 Å². The molecule has 0 aromatic rings. The SMILES string of the molecule is CC/C=C\C/C=C\C/C=C\C/C=C\C/C=C\C/C=C\C/C=C\C/C=C\CCCCCCCCC(=O)OC(COC(=O)CCCCCCCCCCCCCCC/C=C\C/C=C\CCCCCCC)COP(=O)([O-])OCC[N+](C)(C)C. The Morgan fingerprint density at radius 1 is 0.400 bits per heavy atom. The highest BCUT2D eigenvalue weighted by atomic mass is 31.2. The summed E-state index contributed by atoms with van der Waals surface area (Å²) in [6.07, 6.45) is 85.4. The number of unbranched alkanes of at least 4 members (excludes halogenated alkanes) is 24. The Kier molecular flexibility index (Phi) is 57.3. The number of likely N-dealkylation sites (N-methyl/N-ethyl adjacent to an activating group) is 1. The molecule has 10 heteroatoms. The Balaban J connectivity index is 4.19. The first-order valence-corrected chi connectivity index (χ1v) is 33.7. The molecule has 0 saturated carbocycles. The lowest BCUT2D eigenvalue weighted by molar-refractivity contribution is -0.870. The highest BCUT2D eigenvalue weighted by molar-refractivity contribution is 7.45. The van der Waals surface area contributed by atoms with Gasteiger partial charge in [0.25, 0.3) is 7.82 Å². The van der Waals surface area contributed by atoms with Gasteiger partial charge in [-0.05, 0) is 109 Å². The van der Waals surface area contributed by atoms with Crippen molar-refractivity contribution in [3.63, 3.8) is 0 Å². The number of hydrogen-bond donors (Lipinski definition) is 0. The topological polar surface area (TPSA) is 111 Å². The van der Waals surface area contributed by atoms with Crippen molar-refractivity contribution in [1.29, 1.82) is 0 Å². The van der Waals surface area contributed by atoms with E-state index in [1.54, 1.807) is 0 Å². The summed E-state index contributed by atoms with van der Waals surface area (Å²) in [6, 6.07) is 0. The molecule has 0 bridgehead atoms. The molecule has 0 aliphatic heterocycles. The highest BCUT2D eigenvalue weighted by Crippen LogP contribution is 2.38. The summed E-state index contributed by atoms with van der Waals surface area (Å²) in [7, 11) is 1.14. The monoisotopic (exact) mass is 1130 g/mol. The maximum absolute atomic E-state index is 12.8. The molecule has 0 saturated heterocycles. The maximum atomic E-state index is 12.8. The van der Waals surface area contributed by atoms with Crippen LogP contribution in [-0.4, -0.2) is 70.0 Å². The lowest BCUT2D eigenvalue weighted by atomic mass is 10.0. The molecule has 458 valence electrons. The van der Waals surface area contributed by atoms with Crippen LogP contribution in [0.5, 0.6) is 0 Å². The van der Waals surface area contributed by atoms with Crippen LogP contribution in [0.25, 0.3) is 0 Å². The third-order valence-corrected chi connectivity index (χ3v) is 14.4. The van der Waals surface area contributed by atoms with Crippen LogP contribution in [0.15, 0.2) is 122 Å². The zero-order valence-electron chi connectivity index (χ0n) is 52.0. The zero-order valence-corrected chi connectivity index (χ0v) is 52.9. The van der Waals surface area contributed by atoms with Crippen molar-refractivity contribution in [1.82, 2.24) is 0 Å². The number of quaternary nitrogens is 1. The molecule has 9 nitrogen and oxygen atoms in total. The Hall–Kier alpha value is -3.59. The Morgan fingerprint density at radius 3 is 1.06 bits per heavy atom. The minimum atomic E-state index is -4.65. The number of nitrogens with zero attached hydrogens (tertiary/aromatic N) is 1. The largest absolute Gasteiger partial charge is 0.756 e. The fourth-order valence-corrected chi connectivity index (χ4v) is 9.25. The average molecular weight is 1130 g/mol. The third-order valence-electron chi connectivity index (χ3n) is 13.5. The summed E-state index contributed by atoms with van der Waals surface area (Å²) < 4.78 is 34.2. The van der Waals surface area contributed by atoms with Gasteiger partial charge in [0, 0.05) is 12.8 Å². The molecule has 2 unspecified atom stereocenters. The van der Waals surface area contributed by atoms with Crippen LogP contribution in [0, 0.1) is 0 Å². The predicted molar refractivity (Wildman–Crippen MR) is 341 cm³/mol. The van der Waals surface area contributed by atoms with Gasteiger partial charge in [0.15, 0.2) is 6.10 Å². The van der Waals surface area contributed by atoms with E-state index in [2.05, 4.69) is 135 Å². The van der Waals surface area contributed by atoms with E-state index in [1.165, 1.54) is 109 Å². The summed E-state index contributed by atoms with van der Waals surface area (Å²) in [5, 5.41) is 0. The molecule has 0 amide bonds. The quantitative estimate of drug-likeness (QED) is 0.0195. The maximum Gasteiger partial charge on any atom is 0.306 e. The van der Waals surface area contributed by atoms with Crippen molar-refractivity contribution in [2.24, 2.45) is 0 Å². The molecule has 0 N–H and O–H groups in total. The van der Waals surface area contributed by atoms with E-state index in [4.69, 9.17) is 18.5 Å². The molecule has 0 aliphatic carbocycles. The van der Waals surface area contributed by atoms with Crippen molar-refractivity contribution in [2.75, 3.05) is 47.5 Å². The molecule has 2 atom stereocenters. The number of rotatable bonds is 58. The number of phosphoric ester groups is 1. The zero-order chi connectivity index (χ0) is 58.4. The summed E-state index contributed by atoms with van der Waals surface area (Å²) >= 11 is 0. The van der Waals surface area contributed by atoms with E-state index in [1.807, 2.05) is 21.1 Å². The van der Waals surface area contributed by atoms with E-state index in [0.29, 0.717) is 17.4 Å². The van der Waals surface area contributed by atoms with Gasteiger partial charge in [0.2, 0.25) is 0 Å². The second-order valence-electron chi connectivity index (χ2n) is 22.4. The van der Waals surface area contributed by atoms with Gasteiger partial charge in [0.05, 0.1) is 27.7 Å². The van der Waals surface area contributed by atoms with E-state index in [-0.39, 0.29) is 26.1 Å². The number of carbonyl (C=O) groups is 2. The molecule has 0 rings (SSSR count). The minimum absolute atomic E-state index is 0.0400. The van der Waals surface area contributed by atoms with E-state index in [0.717, 1.165) is 116 Å². The van der Waals surface area contributed by atoms with Crippen molar-refractivity contribution in [3.05, 3.63) is 122 Å². The second kappa shape index (κ2) is 60.0. The van der Waals surface area contributed by atoms with Gasteiger partial charge in [-0.1, -0.05) is 257 Å². The second-order valence-corrected chi connectivity index (χ2v) is 23.8. The Morgan fingerprint density at radius 2 is 0.713 bits per heavy atom. The molecule has 80 heavy (non-hydrogen) atoms. The Bertz CT molecular complexity index is 1760. The number of phosphoric acid groups is 1. The van der Waals surface area contributed by atoms with Crippen LogP contribution >= 0.6 is 7.82 Å². The first kappa shape index (κ1) is 76.4. The first-order valence-electron chi connectivity index (χ1n) is 32.2. The Labute approximate surface area is 492 Å². The molecular formula is C70H120NO8P. The summed E-state index contributed by atoms with van der Waals surface area (Å²) in [5.41, 5.74) is 0. The van der Waals surface area contributed by atoms with E-state index < -0.39 is 32.5 Å². The lowest BCUT2D eigenvalue weighted by Gasteiger charge is -2.28. The summed E-state index contributed by atoms with van der Waals surface area (Å²) in [5.74, 6) is -0.854. The smallest absolute Gasteiger partial charge is 0.306 e. The van der Waals surface area contributed by atoms with Gasteiger partial charge in [-0.2, -0.15) is 0 Å². The molecule has 0 aromatic heterocycles. The fraction of sp³-hybridized carbons (Fsp3) is 0.686. The molecule has 0 aromatic carbocycles. The van der Waals surface area contributed by atoms with Gasteiger partial charge in [0.1, 0.15) is 19.8 Å². The molecule has 0 fully saturated rings. The number of ether oxygens (including phenoxy) is 2. The first-order chi connectivity index (χ1) is 39.0. The normalized spacial score (nSPS) is 14.0. The van der Waals surface area contributed by atoms with Gasteiger partial charge < -0.3 is 27.9 Å². The predicted octanol–water partition coefficient (Wildman–Crippen LogP) is 20.1. The van der Waals surface area contributed by atoms with E-state index in [9.17, 15) is 19.0 Å². The molecule has 0 aliphatic rings. The summed E-state index contributed by atoms with van der Waals surface area (Å²) in [4.78, 5) is 38.0. The van der Waals surface area contributed by atoms with Gasteiger partial charge in [-0.15, -0.1) is 0 Å². The molecule has 0 radical (unpaired) electrons. The fourth-order valence-electron chi connectivity index (χ4n) is 8.53. The molecule has 0 heterocycles. The number of carbonyl (C=O) groups excluding carboxylic acids is 2. The average Bonchev–Trinajstić information content (AvgIpc) is 3.42. The molecular weight excluding hydrogens is 1010 g/mol. The van der Waals surface area contributed by atoms with Crippen LogP contribution in [-0.2, 0) is 32.7 Å². The summed E-state index contributed by atoms with van der Waals surface area (Å²) in [6.45, 7) is 4.10. The van der Waals surface area contributed by atoms with Crippen molar-refractivity contribution >= 4 is 19.8 Å². The van der Waals surface area contributed by atoms with Crippen LogP contribution < -0.4 is 4.89 Å². The lowest BCUT2D eigenvalue weighted by Crippen LogP contribution is -2.37. The van der Waals surface area contributed by atoms with Crippen molar-refractivity contribution in [3.8, 4) is 0 Å².